The second-order valence-corrected chi connectivity index (χ2v) is 14.0. The zero-order chi connectivity index (χ0) is 21.1. The Bertz CT molecular complexity index is 802. The quantitative estimate of drug-likeness (QED) is 0.410. The monoisotopic (exact) mass is 399 g/mol. The van der Waals surface area contributed by atoms with Crippen molar-refractivity contribution in [3.63, 3.8) is 0 Å². The molecule has 2 rings (SSSR count). The van der Waals surface area contributed by atoms with Gasteiger partial charge >= 0.3 is 5.97 Å². The number of methoxy groups -OCH3 is 1. The van der Waals surface area contributed by atoms with Crippen LogP contribution in [0.4, 0.5) is 0 Å². The Kier molecular flexibility index (Phi) is 6.70. The third-order valence-corrected chi connectivity index (χ3v) is 11.4. The van der Waals surface area contributed by atoms with Crippen molar-refractivity contribution >= 4 is 24.5 Å². The number of esters is 1. The largest absolute Gasteiger partial charge is 0.497 e. The van der Waals surface area contributed by atoms with Crippen LogP contribution in [0, 0.1) is 5.41 Å². The maximum Gasteiger partial charge on any atom is 0.316 e. The second kappa shape index (κ2) is 8.48. The first-order valence-corrected chi connectivity index (χ1v) is 12.0. The minimum Gasteiger partial charge on any atom is -0.497 e. The van der Waals surface area contributed by atoms with Crippen LogP contribution in [0.2, 0.25) is 11.1 Å². The van der Waals surface area contributed by atoms with Gasteiger partial charge in [-0.3, -0.25) is 9.78 Å². The molecule has 0 aliphatic rings. The van der Waals surface area contributed by atoms with Crippen molar-refractivity contribution in [3.05, 3.63) is 42.6 Å². The van der Waals surface area contributed by atoms with E-state index in [1.165, 1.54) is 0 Å². The molecule has 0 saturated carbocycles. The van der Waals surface area contributed by atoms with Gasteiger partial charge in [-0.1, -0.05) is 33.8 Å². The van der Waals surface area contributed by atoms with Gasteiger partial charge in [-0.15, -0.1) is 0 Å². The third-order valence-electron chi connectivity index (χ3n) is 5.36. The predicted molar refractivity (Wildman–Crippen MR) is 118 cm³/mol. The number of carbonyl (C=O) groups excluding carboxylic acids is 1. The number of pyridine rings is 1. The van der Waals surface area contributed by atoms with E-state index in [9.17, 15) is 4.79 Å². The molecule has 28 heavy (non-hydrogen) atoms. The van der Waals surface area contributed by atoms with E-state index in [4.69, 9.17) is 14.5 Å². The van der Waals surface area contributed by atoms with Crippen molar-refractivity contribution in [2.75, 3.05) is 7.11 Å². The van der Waals surface area contributed by atoms with E-state index in [1.54, 1.807) is 7.11 Å². The fraction of sp³-hybridized carbons (Fsp3) is 0.478. The summed E-state index contributed by atoms with van der Waals surface area (Å²) in [5.41, 5.74) is 0.116. The molecule has 2 aromatic rings. The fourth-order valence-corrected chi connectivity index (χ4v) is 9.55. The average molecular weight is 400 g/mol. The second-order valence-electron chi connectivity index (χ2n) is 8.90. The van der Waals surface area contributed by atoms with Crippen molar-refractivity contribution in [2.45, 2.75) is 59.5 Å². The number of ether oxygens (including phenoxy) is 2. The van der Waals surface area contributed by atoms with Gasteiger partial charge in [-0.25, -0.2) is 0 Å². The lowest BCUT2D eigenvalue weighted by molar-refractivity contribution is -0.142. The van der Waals surface area contributed by atoms with Gasteiger partial charge in [0.15, 0.2) is 8.07 Å². The molecule has 0 atom stereocenters. The molecule has 1 aromatic heterocycles. The fourth-order valence-electron chi connectivity index (χ4n) is 3.93. The normalized spacial score (nSPS) is 12.4. The highest BCUT2D eigenvalue weighted by molar-refractivity contribution is 7.04. The summed E-state index contributed by atoms with van der Waals surface area (Å²) >= 11 is 0. The molecule has 0 aliphatic heterocycles. The SMILES string of the molecule is COc1ccc(OC(=O)C(C)(C)C)c([Si](c2ccccn2)(C(C)C)C(C)C)c1. The molecule has 0 bridgehead atoms. The molecule has 0 fully saturated rings. The van der Waals surface area contributed by atoms with Gasteiger partial charge in [0.2, 0.25) is 0 Å². The lowest BCUT2D eigenvalue weighted by Gasteiger charge is -2.40. The minimum absolute atomic E-state index is 0.240. The Hall–Kier alpha value is -2.14. The summed E-state index contributed by atoms with van der Waals surface area (Å²) in [4.78, 5) is 17.5. The topological polar surface area (TPSA) is 48.4 Å². The van der Waals surface area contributed by atoms with Gasteiger partial charge < -0.3 is 9.47 Å². The first-order chi connectivity index (χ1) is 13.0. The summed E-state index contributed by atoms with van der Waals surface area (Å²) in [6.45, 7) is 14.6. The highest BCUT2D eigenvalue weighted by Crippen LogP contribution is 2.35. The smallest absolute Gasteiger partial charge is 0.316 e. The van der Waals surface area contributed by atoms with E-state index < -0.39 is 13.5 Å². The van der Waals surface area contributed by atoms with E-state index in [2.05, 4.69) is 33.8 Å². The van der Waals surface area contributed by atoms with Crippen LogP contribution in [0.3, 0.4) is 0 Å². The average Bonchev–Trinajstić information content (AvgIpc) is 2.63. The molecule has 0 radical (unpaired) electrons. The van der Waals surface area contributed by atoms with Gasteiger partial charge in [0, 0.05) is 11.5 Å². The van der Waals surface area contributed by atoms with Crippen LogP contribution in [0.1, 0.15) is 48.5 Å². The highest BCUT2D eigenvalue weighted by atomic mass is 28.3. The number of rotatable bonds is 6. The maximum absolute atomic E-state index is 12.7. The van der Waals surface area contributed by atoms with Crippen molar-refractivity contribution in [3.8, 4) is 11.5 Å². The van der Waals surface area contributed by atoms with Crippen molar-refractivity contribution in [1.29, 1.82) is 0 Å². The van der Waals surface area contributed by atoms with E-state index in [1.807, 2.05) is 57.3 Å². The van der Waals surface area contributed by atoms with Crippen LogP contribution in [0.25, 0.3) is 0 Å². The maximum atomic E-state index is 12.7. The number of nitrogens with zero attached hydrogens (tertiary/aromatic N) is 1. The summed E-state index contributed by atoms with van der Waals surface area (Å²) in [6, 6.07) is 11.9. The van der Waals surface area contributed by atoms with Crippen LogP contribution in [0.15, 0.2) is 42.6 Å². The summed E-state index contributed by atoms with van der Waals surface area (Å²) < 4.78 is 11.5. The van der Waals surface area contributed by atoms with Gasteiger partial charge in [-0.05, 0) is 67.4 Å². The zero-order valence-corrected chi connectivity index (χ0v) is 19.4. The standard InChI is InChI=1S/C23H33NO3Si/c1-16(2)28(17(3)4,21-11-9-10-14-24-21)20-15-18(26-8)12-13-19(20)27-22(25)23(5,6)7/h9-17H,1-8H3. The lowest BCUT2D eigenvalue weighted by atomic mass is 9.97. The summed E-state index contributed by atoms with van der Waals surface area (Å²) in [5, 5.41) is 2.16. The minimum atomic E-state index is -2.39. The molecule has 5 heteroatoms. The molecular formula is C23H33NO3Si. The van der Waals surface area contributed by atoms with Crippen LogP contribution in [-0.4, -0.2) is 26.1 Å². The summed E-state index contributed by atoms with van der Waals surface area (Å²) in [6.07, 6.45) is 1.85. The molecule has 0 amide bonds. The Morgan fingerprint density at radius 2 is 1.68 bits per heavy atom. The molecule has 1 aromatic carbocycles. The first kappa shape index (κ1) is 22.1. The van der Waals surface area contributed by atoms with Gasteiger partial charge in [0.25, 0.3) is 0 Å². The van der Waals surface area contributed by atoms with Gasteiger partial charge in [0.1, 0.15) is 11.5 Å². The highest BCUT2D eigenvalue weighted by Gasteiger charge is 2.47. The third kappa shape index (κ3) is 4.14. The Labute approximate surface area is 170 Å². The number of aromatic nitrogens is 1. The molecule has 0 saturated heterocycles. The van der Waals surface area contributed by atoms with E-state index >= 15 is 0 Å². The molecule has 0 spiro atoms. The van der Waals surface area contributed by atoms with Gasteiger partial charge in [-0.2, -0.15) is 0 Å². The molecular weight excluding hydrogens is 366 g/mol. The number of carbonyl (C=O) groups is 1. The first-order valence-electron chi connectivity index (χ1n) is 9.87. The Morgan fingerprint density at radius 3 is 2.14 bits per heavy atom. The predicted octanol–water partition coefficient (Wildman–Crippen LogP) is 4.42. The molecule has 0 N–H and O–H groups in total. The zero-order valence-electron chi connectivity index (χ0n) is 18.4. The van der Waals surface area contributed by atoms with E-state index in [0.29, 0.717) is 16.8 Å². The molecule has 0 unspecified atom stereocenters. The molecule has 4 nitrogen and oxygen atoms in total. The van der Waals surface area contributed by atoms with Crippen molar-refractivity contribution in [1.82, 2.24) is 4.98 Å². The van der Waals surface area contributed by atoms with Crippen LogP contribution in [-0.2, 0) is 4.79 Å². The lowest BCUT2D eigenvalue weighted by Crippen LogP contribution is -2.64. The van der Waals surface area contributed by atoms with Gasteiger partial charge in [0.05, 0.1) is 12.5 Å². The molecule has 0 aliphatic carbocycles. The molecule has 1 heterocycles. The number of hydrogen-bond donors (Lipinski definition) is 0. The Morgan fingerprint density at radius 1 is 1.04 bits per heavy atom. The summed E-state index contributed by atoms with van der Waals surface area (Å²) in [7, 11) is -0.728. The van der Waals surface area contributed by atoms with Crippen molar-refractivity contribution in [2.24, 2.45) is 5.41 Å². The Balaban J connectivity index is 2.80. The van der Waals surface area contributed by atoms with E-state index in [0.717, 1.165) is 16.3 Å². The van der Waals surface area contributed by atoms with Crippen molar-refractivity contribution < 1.29 is 14.3 Å². The summed E-state index contributed by atoms with van der Waals surface area (Å²) in [5.74, 6) is 1.15. The number of benzene rings is 1. The van der Waals surface area contributed by atoms with Crippen LogP contribution in [0.5, 0.6) is 11.5 Å². The van der Waals surface area contributed by atoms with Crippen LogP contribution < -0.4 is 20.0 Å². The van der Waals surface area contributed by atoms with E-state index in [-0.39, 0.29) is 5.97 Å². The van der Waals surface area contributed by atoms with Crippen LogP contribution >= 0.6 is 0 Å². The number of hydrogen-bond acceptors (Lipinski definition) is 4. The molecule has 152 valence electrons.